The van der Waals surface area contributed by atoms with Crippen molar-refractivity contribution < 1.29 is 4.79 Å². The van der Waals surface area contributed by atoms with Crippen LogP contribution in [0.4, 0.5) is 0 Å². The Kier molecular flexibility index (Phi) is 5.56. The number of nitrogens with zero attached hydrogens (tertiary/aromatic N) is 2. The number of likely N-dealkylation sites (N-methyl/N-ethyl adjacent to an activating group) is 1. The van der Waals surface area contributed by atoms with Gasteiger partial charge in [-0.3, -0.25) is 9.69 Å². The molecule has 20 heavy (non-hydrogen) atoms. The van der Waals surface area contributed by atoms with Gasteiger partial charge in [-0.2, -0.15) is 0 Å². The summed E-state index contributed by atoms with van der Waals surface area (Å²) in [5.41, 5.74) is 1.98. The predicted octanol–water partition coefficient (Wildman–Crippen LogP) is 1.23. The molecule has 0 aliphatic carbocycles. The summed E-state index contributed by atoms with van der Waals surface area (Å²) in [6.07, 6.45) is 0.896. The number of hydrogen-bond acceptors (Lipinski definition) is 3. The first kappa shape index (κ1) is 15.0. The maximum atomic E-state index is 12.5. The third-order valence-electron chi connectivity index (χ3n) is 3.94. The van der Waals surface area contributed by atoms with Crippen LogP contribution in [0, 0.1) is 0 Å². The molecule has 2 rings (SSSR count). The lowest BCUT2D eigenvalue weighted by Gasteiger charge is -2.29. The van der Waals surface area contributed by atoms with Crippen molar-refractivity contribution in [2.45, 2.75) is 13.3 Å². The van der Waals surface area contributed by atoms with Crippen LogP contribution < -0.4 is 5.32 Å². The second-order valence-corrected chi connectivity index (χ2v) is 5.33. The summed E-state index contributed by atoms with van der Waals surface area (Å²) in [4.78, 5) is 16.7. The molecule has 1 fully saturated rings. The van der Waals surface area contributed by atoms with Gasteiger partial charge in [-0.15, -0.1) is 0 Å². The van der Waals surface area contributed by atoms with E-state index in [1.165, 1.54) is 0 Å². The molecule has 1 aliphatic heterocycles. The van der Waals surface area contributed by atoms with Crippen LogP contribution in [-0.4, -0.2) is 62.0 Å². The van der Waals surface area contributed by atoms with Gasteiger partial charge in [-0.25, -0.2) is 0 Å². The maximum absolute atomic E-state index is 12.5. The number of carbonyl (C=O) groups excluding carboxylic acids is 1. The third-order valence-corrected chi connectivity index (χ3v) is 3.94. The van der Waals surface area contributed by atoms with Crippen molar-refractivity contribution in [3.63, 3.8) is 0 Å². The van der Waals surface area contributed by atoms with Crippen LogP contribution in [0.3, 0.4) is 0 Å². The van der Waals surface area contributed by atoms with E-state index in [1.54, 1.807) is 0 Å². The zero-order chi connectivity index (χ0) is 14.4. The summed E-state index contributed by atoms with van der Waals surface area (Å²) in [5.74, 6) is 0.137. The van der Waals surface area contributed by atoms with Gasteiger partial charge in [0.15, 0.2) is 0 Å². The number of benzene rings is 1. The van der Waals surface area contributed by atoms with Crippen molar-refractivity contribution in [3.05, 3.63) is 35.4 Å². The molecule has 4 nitrogen and oxygen atoms in total. The molecule has 1 amide bonds. The molecule has 1 saturated heterocycles. The first-order valence-electron chi connectivity index (χ1n) is 7.48. The highest BCUT2D eigenvalue weighted by Crippen LogP contribution is 2.11. The van der Waals surface area contributed by atoms with E-state index in [0.717, 1.165) is 56.8 Å². The Morgan fingerprint density at radius 1 is 1.30 bits per heavy atom. The number of rotatable bonds is 5. The Hall–Kier alpha value is -1.39. The molecule has 0 bridgehead atoms. The average molecular weight is 275 g/mol. The minimum absolute atomic E-state index is 0.137. The number of hydrogen-bond donors (Lipinski definition) is 1. The summed E-state index contributed by atoms with van der Waals surface area (Å²) in [6.45, 7) is 8.09. The van der Waals surface area contributed by atoms with Crippen LogP contribution in [0.2, 0.25) is 0 Å². The van der Waals surface area contributed by atoms with Crippen molar-refractivity contribution in [2.24, 2.45) is 0 Å². The molecular formula is C16H25N3O. The molecule has 0 spiro atoms. The van der Waals surface area contributed by atoms with Crippen LogP contribution in [0.1, 0.15) is 22.8 Å². The molecule has 1 aliphatic rings. The second kappa shape index (κ2) is 7.41. The van der Waals surface area contributed by atoms with Gasteiger partial charge in [-0.1, -0.05) is 25.1 Å². The lowest BCUT2D eigenvalue weighted by Crippen LogP contribution is -2.46. The van der Waals surface area contributed by atoms with Crippen molar-refractivity contribution in [1.82, 2.24) is 15.1 Å². The van der Waals surface area contributed by atoms with Crippen LogP contribution in [-0.2, 0) is 6.42 Å². The van der Waals surface area contributed by atoms with Crippen LogP contribution in [0.5, 0.6) is 0 Å². The molecule has 4 heteroatoms. The summed E-state index contributed by atoms with van der Waals surface area (Å²) in [7, 11) is 1.90. The van der Waals surface area contributed by atoms with Gasteiger partial charge in [0.05, 0.1) is 0 Å². The standard InChI is InChI=1S/C16H25N3O/c1-3-14-6-4-5-7-15(14)16(20)18(2)12-13-19-10-8-17-9-11-19/h4-7,17H,3,8-13H2,1-2H3. The molecule has 1 heterocycles. The highest BCUT2D eigenvalue weighted by atomic mass is 16.2. The zero-order valence-corrected chi connectivity index (χ0v) is 12.6. The Labute approximate surface area is 121 Å². The predicted molar refractivity (Wildman–Crippen MR) is 82.1 cm³/mol. The highest BCUT2D eigenvalue weighted by Gasteiger charge is 2.16. The molecule has 0 unspecified atom stereocenters. The molecule has 1 aromatic carbocycles. The van der Waals surface area contributed by atoms with Crippen molar-refractivity contribution in [3.8, 4) is 0 Å². The van der Waals surface area contributed by atoms with E-state index in [4.69, 9.17) is 0 Å². The van der Waals surface area contributed by atoms with Crippen molar-refractivity contribution in [1.29, 1.82) is 0 Å². The SMILES string of the molecule is CCc1ccccc1C(=O)N(C)CCN1CCNCC1. The van der Waals surface area contributed by atoms with E-state index in [9.17, 15) is 4.79 Å². The van der Waals surface area contributed by atoms with E-state index in [1.807, 2.05) is 36.2 Å². The summed E-state index contributed by atoms with van der Waals surface area (Å²) >= 11 is 0. The Morgan fingerprint density at radius 2 is 2.00 bits per heavy atom. The monoisotopic (exact) mass is 275 g/mol. The van der Waals surface area contributed by atoms with Gasteiger partial charge in [-0.05, 0) is 18.1 Å². The number of aryl methyl sites for hydroxylation is 1. The zero-order valence-electron chi connectivity index (χ0n) is 12.6. The minimum atomic E-state index is 0.137. The van der Waals surface area contributed by atoms with Gasteiger partial charge in [0.1, 0.15) is 0 Å². The van der Waals surface area contributed by atoms with Crippen LogP contribution >= 0.6 is 0 Å². The third kappa shape index (κ3) is 3.81. The van der Waals surface area contributed by atoms with E-state index in [0.29, 0.717) is 0 Å². The van der Waals surface area contributed by atoms with E-state index >= 15 is 0 Å². The fourth-order valence-electron chi connectivity index (χ4n) is 2.57. The normalized spacial score (nSPS) is 16.1. The molecule has 1 N–H and O–H groups in total. The van der Waals surface area contributed by atoms with Gasteiger partial charge in [0.2, 0.25) is 0 Å². The molecular weight excluding hydrogens is 250 g/mol. The fourth-order valence-corrected chi connectivity index (χ4v) is 2.57. The lowest BCUT2D eigenvalue weighted by molar-refractivity contribution is 0.0774. The molecule has 1 aromatic rings. The highest BCUT2D eigenvalue weighted by molar-refractivity contribution is 5.95. The first-order valence-corrected chi connectivity index (χ1v) is 7.48. The quantitative estimate of drug-likeness (QED) is 0.878. The van der Waals surface area contributed by atoms with Gasteiger partial charge < -0.3 is 10.2 Å². The first-order chi connectivity index (χ1) is 9.72. The number of piperazine rings is 1. The minimum Gasteiger partial charge on any atom is -0.340 e. The molecule has 0 radical (unpaired) electrons. The molecule has 0 atom stereocenters. The number of carbonyl (C=O) groups is 1. The summed E-state index contributed by atoms with van der Waals surface area (Å²) in [6, 6.07) is 7.91. The molecule has 0 saturated carbocycles. The Morgan fingerprint density at radius 3 is 2.70 bits per heavy atom. The van der Waals surface area contributed by atoms with Crippen molar-refractivity contribution >= 4 is 5.91 Å². The van der Waals surface area contributed by atoms with E-state index in [-0.39, 0.29) is 5.91 Å². The number of amides is 1. The van der Waals surface area contributed by atoms with Gasteiger partial charge in [0.25, 0.3) is 5.91 Å². The number of nitrogens with one attached hydrogen (secondary N) is 1. The summed E-state index contributed by atoms with van der Waals surface area (Å²) in [5, 5.41) is 3.34. The average Bonchev–Trinajstić information content (AvgIpc) is 2.52. The van der Waals surface area contributed by atoms with Crippen LogP contribution in [0.25, 0.3) is 0 Å². The largest absolute Gasteiger partial charge is 0.340 e. The fraction of sp³-hybridized carbons (Fsp3) is 0.562. The maximum Gasteiger partial charge on any atom is 0.253 e. The smallest absolute Gasteiger partial charge is 0.253 e. The van der Waals surface area contributed by atoms with E-state index in [2.05, 4.69) is 17.1 Å². The second-order valence-electron chi connectivity index (χ2n) is 5.33. The molecule has 0 aromatic heterocycles. The summed E-state index contributed by atoms with van der Waals surface area (Å²) < 4.78 is 0. The van der Waals surface area contributed by atoms with Gasteiger partial charge in [0, 0.05) is 51.9 Å². The van der Waals surface area contributed by atoms with E-state index < -0.39 is 0 Å². The Bertz CT molecular complexity index is 441. The lowest BCUT2D eigenvalue weighted by atomic mass is 10.0. The Balaban J connectivity index is 1.90. The molecule has 110 valence electrons. The topological polar surface area (TPSA) is 35.6 Å². The van der Waals surface area contributed by atoms with Gasteiger partial charge >= 0.3 is 0 Å². The van der Waals surface area contributed by atoms with Crippen molar-refractivity contribution in [2.75, 3.05) is 46.3 Å². The van der Waals surface area contributed by atoms with Crippen LogP contribution in [0.15, 0.2) is 24.3 Å².